The number of anilines is 1. The van der Waals surface area contributed by atoms with Crippen LogP contribution in [0, 0.1) is 17.2 Å². The molecule has 1 saturated heterocycles. The van der Waals surface area contributed by atoms with E-state index in [1.54, 1.807) is 12.1 Å². The van der Waals surface area contributed by atoms with Crippen LogP contribution in [0.2, 0.25) is 0 Å². The van der Waals surface area contributed by atoms with Gasteiger partial charge in [0.15, 0.2) is 0 Å². The van der Waals surface area contributed by atoms with E-state index >= 15 is 0 Å². The molecule has 7 heteroatoms. The summed E-state index contributed by atoms with van der Waals surface area (Å²) in [6.07, 6.45) is 1.28. The molecule has 0 aliphatic carbocycles. The van der Waals surface area contributed by atoms with Crippen LogP contribution in [0.15, 0.2) is 59.5 Å². The zero-order chi connectivity index (χ0) is 18.6. The Morgan fingerprint density at radius 3 is 2.46 bits per heavy atom. The van der Waals surface area contributed by atoms with Crippen LogP contribution in [-0.2, 0) is 14.8 Å². The number of para-hydroxylation sites is 1. The van der Waals surface area contributed by atoms with E-state index in [9.17, 15) is 13.2 Å². The Morgan fingerprint density at radius 2 is 1.81 bits per heavy atom. The minimum Gasteiger partial charge on any atom is -0.326 e. The summed E-state index contributed by atoms with van der Waals surface area (Å²) in [5, 5.41) is 11.7. The van der Waals surface area contributed by atoms with Gasteiger partial charge in [0.2, 0.25) is 15.9 Å². The summed E-state index contributed by atoms with van der Waals surface area (Å²) in [6.45, 7) is 0.540. The molecule has 1 N–H and O–H groups in total. The molecular weight excluding hydrogens is 350 g/mol. The molecule has 1 heterocycles. The van der Waals surface area contributed by atoms with Gasteiger partial charge >= 0.3 is 0 Å². The lowest BCUT2D eigenvalue weighted by atomic mass is 9.99. The summed E-state index contributed by atoms with van der Waals surface area (Å²) >= 11 is 0. The van der Waals surface area contributed by atoms with Gasteiger partial charge in [-0.15, -0.1) is 0 Å². The van der Waals surface area contributed by atoms with Crippen molar-refractivity contribution >= 4 is 21.6 Å². The predicted octanol–water partition coefficient (Wildman–Crippen LogP) is 2.60. The fourth-order valence-electron chi connectivity index (χ4n) is 2.99. The molecule has 1 atom stereocenters. The van der Waals surface area contributed by atoms with Crippen molar-refractivity contribution in [1.29, 1.82) is 5.26 Å². The number of amides is 1. The van der Waals surface area contributed by atoms with Crippen LogP contribution in [0.4, 0.5) is 5.69 Å². The average Bonchev–Trinajstić information content (AvgIpc) is 2.69. The number of sulfonamides is 1. The molecule has 2 aromatic carbocycles. The van der Waals surface area contributed by atoms with E-state index in [2.05, 4.69) is 5.32 Å². The van der Waals surface area contributed by atoms with Gasteiger partial charge in [-0.3, -0.25) is 4.79 Å². The van der Waals surface area contributed by atoms with Gasteiger partial charge in [0.1, 0.15) is 0 Å². The van der Waals surface area contributed by atoms with E-state index in [0.717, 1.165) is 0 Å². The number of hydrogen-bond acceptors (Lipinski definition) is 4. The van der Waals surface area contributed by atoms with Gasteiger partial charge in [-0.25, -0.2) is 8.42 Å². The van der Waals surface area contributed by atoms with Crippen molar-refractivity contribution in [3.8, 4) is 6.07 Å². The molecule has 26 heavy (non-hydrogen) atoms. The first-order valence-electron chi connectivity index (χ1n) is 8.37. The molecule has 3 rings (SSSR count). The Morgan fingerprint density at radius 1 is 1.12 bits per heavy atom. The smallest absolute Gasteiger partial charge is 0.243 e. The van der Waals surface area contributed by atoms with Crippen LogP contribution in [0.1, 0.15) is 18.4 Å². The third-order valence-electron chi connectivity index (χ3n) is 4.42. The molecule has 1 aliphatic heterocycles. The van der Waals surface area contributed by atoms with E-state index < -0.39 is 15.9 Å². The fourth-order valence-corrected chi connectivity index (χ4v) is 4.51. The first kappa shape index (κ1) is 18.1. The van der Waals surface area contributed by atoms with Gasteiger partial charge in [-0.2, -0.15) is 9.57 Å². The average molecular weight is 369 g/mol. The van der Waals surface area contributed by atoms with Crippen LogP contribution in [0.3, 0.4) is 0 Å². The summed E-state index contributed by atoms with van der Waals surface area (Å²) in [5.41, 5.74) is 1.10. The van der Waals surface area contributed by atoms with Crippen LogP contribution in [0.5, 0.6) is 0 Å². The van der Waals surface area contributed by atoms with Crippen LogP contribution < -0.4 is 5.32 Å². The highest BCUT2D eigenvalue weighted by atomic mass is 32.2. The second-order valence-corrected chi connectivity index (χ2v) is 8.13. The zero-order valence-electron chi connectivity index (χ0n) is 14.1. The Hall–Kier alpha value is -2.69. The van der Waals surface area contributed by atoms with E-state index in [1.807, 2.05) is 24.3 Å². The minimum atomic E-state index is -3.68. The van der Waals surface area contributed by atoms with Gasteiger partial charge in [0.25, 0.3) is 0 Å². The molecule has 0 saturated carbocycles. The second kappa shape index (κ2) is 7.68. The van der Waals surface area contributed by atoms with E-state index in [1.165, 1.54) is 28.6 Å². The molecule has 0 spiro atoms. The number of hydrogen-bond donors (Lipinski definition) is 1. The molecule has 0 bridgehead atoms. The lowest BCUT2D eigenvalue weighted by Crippen LogP contribution is -2.43. The number of nitriles is 1. The predicted molar refractivity (Wildman–Crippen MR) is 97.7 cm³/mol. The first-order chi connectivity index (χ1) is 12.5. The summed E-state index contributed by atoms with van der Waals surface area (Å²) in [5.74, 6) is -0.562. The highest BCUT2D eigenvalue weighted by molar-refractivity contribution is 7.89. The van der Waals surface area contributed by atoms with Gasteiger partial charge in [0, 0.05) is 18.8 Å². The van der Waals surface area contributed by atoms with Crippen molar-refractivity contribution in [1.82, 2.24) is 4.31 Å². The standard InChI is InChI=1S/C19H19N3O3S/c20-13-15-8-10-18(11-9-15)26(24,25)22-12-4-5-16(14-22)19(23)21-17-6-2-1-3-7-17/h1-3,6-11,16H,4-5,12,14H2,(H,21,23). The number of piperidine rings is 1. The molecule has 0 aromatic heterocycles. The third-order valence-corrected chi connectivity index (χ3v) is 6.30. The Labute approximate surface area is 153 Å². The second-order valence-electron chi connectivity index (χ2n) is 6.19. The monoisotopic (exact) mass is 369 g/mol. The highest BCUT2D eigenvalue weighted by Crippen LogP contribution is 2.25. The number of carbonyl (C=O) groups excluding carboxylic acids is 1. The topological polar surface area (TPSA) is 90.3 Å². The quantitative estimate of drug-likeness (QED) is 0.897. The van der Waals surface area contributed by atoms with Crippen molar-refractivity contribution in [2.45, 2.75) is 17.7 Å². The van der Waals surface area contributed by atoms with Gasteiger partial charge in [-0.05, 0) is 49.2 Å². The van der Waals surface area contributed by atoms with E-state index in [4.69, 9.17) is 5.26 Å². The summed E-state index contributed by atoms with van der Waals surface area (Å²) in [6, 6.07) is 16.9. The maximum atomic E-state index is 12.8. The molecule has 1 amide bonds. The Kier molecular flexibility index (Phi) is 5.35. The van der Waals surface area contributed by atoms with Crippen molar-refractivity contribution in [2.24, 2.45) is 5.92 Å². The Balaban J connectivity index is 1.72. The normalized spacial score (nSPS) is 18.0. The number of rotatable bonds is 4. The molecule has 1 aliphatic rings. The molecular formula is C19H19N3O3S. The summed E-state index contributed by atoms with van der Waals surface area (Å²) in [7, 11) is -3.68. The number of benzene rings is 2. The lowest BCUT2D eigenvalue weighted by molar-refractivity contribution is -0.120. The van der Waals surface area contributed by atoms with Crippen LogP contribution >= 0.6 is 0 Å². The fraction of sp³-hybridized carbons (Fsp3) is 0.263. The third kappa shape index (κ3) is 3.93. The maximum absolute atomic E-state index is 12.8. The maximum Gasteiger partial charge on any atom is 0.243 e. The lowest BCUT2D eigenvalue weighted by Gasteiger charge is -2.31. The molecule has 0 radical (unpaired) electrons. The van der Waals surface area contributed by atoms with Crippen molar-refractivity contribution in [3.05, 3.63) is 60.2 Å². The zero-order valence-corrected chi connectivity index (χ0v) is 14.9. The molecule has 134 valence electrons. The van der Waals surface area contributed by atoms with Crippen molar-refractivity contribution in [3.63, 3.8) is 0 Å². The Bertz CT molecular complexity index is 919. The molecule has 6 nitrogen and oxygen atoms in total. The number of nitrogens with zero attached hydrogens (tertiary/aromatic N) is 2. The van der Waals surface area contributed by atoms with Crippen molar-refractivity contribution in [2.75, 3.05) is 18.4 Å². The highest BCUT2D eigenvalue weighted by Gasteiger charge is 2.33. The molecule has 2 aromatic rings. The van der Waals surface area contributed by atoms with Gasteiger partial charge < -0.3 is 5.32 Å². The summed E-state index contributed by atoms with van der Waals surface area (Å²) < 4.78 is 27.0. The van der Waals surface area contributed by atoms with Gasteiger partial charge in [0.05, 0.1) is 22.4 Å². The van der Waals surface area contributed by atoms with Crippen LogP contribution in [0.25, 0.3) is 0 Å². The SMILES string of the molecule is N#Cc1ccc(S(=O)(=O)N2CCCC(C(=O)Nc3ccccc3)C2)cc1. The first-order valence-corrected chi connectivity index (χ1v) is 9.81. The molecule has 1 unspecified atom stereocenters. The van der Waals surface area contributed by atoms with E-state index in [0.29, 0.717) is 30.6 Å². The summed E-state index contributed by atoms with van der Waals surface area (Å²) in [4.78, 5) is 12.6. The minimum absolute atomic E-state index is 0.139. The number of carbonyl (C=O) groups is 1. The van der Waals surface area contributed by atoms with Gasteiger partial charge in [-0.1, -0.05) is 18.2 Å². The molecule has 1 fully saturated rings. The van der Waals surface area contributed by atoms with Crippen molar-refractivity contribution < 1.29 is 13.2 Å². The number of nitrogens with one attached hydrogen (secondary N) is 1. The van der Waals surface area contributed by atoms with Crippen LogP contribution in [-0.4, -0.2) is 31.7 Å². The largest absolute Gasteiger partial charge is 0.326 e. The van der Waals surface area contributed by atoms with E-state index in [-0.39, 0.29) is 17.3 Å².